The molecule has 1 aromatic heterocycles. The molecule has 0 bridgehead atoms. The number of fused-ring (bicyclic) bond motifs is 1. The number of thioether (sulfide) groups is 1. The van der Waals surface area contributed by atoms with Crippen LogP contribution in [0.15, 0.2) is 41.8 Å². The molecule has 1 aliphatic rings. The molecule has 0 amide bonds. The highest BCUT2D eigenvalue weighted by molar-refractivity contribution is 8.02. The Kier molecular flexibility index (Phi) is 2.54. The second-order valence-electron chi connectivity index (χ2n) is 3.98. The lowest BCUT2D eigenvalue weighted by atomic mass is 10.0. The first-order valence-corrected chi connectivity index (χ1v) is 7.18. The highest BCUT2D eigenvalue weighted by Crippen LogP contribution is 2.39. The lowest BCUT2D eigenvalue weighted by molar-refractivity contribution is 0.531. The molecule has 16 heavy (non-hydrogen) atoms. The lowest BCUT2D eigenvalue weighted by Gasteiger charge is -2.24. The Balaban J connectivity index is 2.14. The molecule has 1 unspecified atom stereocenters. The molecule has 0 spiro atoms. The number of hydrogen-bond donors (Lipinski definition) is 1. The first-order chi connectivity index (χ1) is 7.84. The van der Waals surface area contributed by atoms with Crippen LogP contribution in [0.5, 0.6) is 0 Å². The summed E-state index contributed by atoms with van der Waals surface area (Å²) in [5.74, 6) is 1.09. The Labute approximate surface area is 104 Å². The molecule has 2 heterocycles. The molecular formula is C13H13NS2. The number of hydrogen-bond acceptors (Lipinski definition) is 3. The number of benzene rings is 1. The van der Waals surface area contributed by atoms with E-state index in [0.717, 1.165) is 5.75 Å². The zero-order valence-corrected chi connectivity index (χ0v) is 10.7. The van der Waals surface area contributed by atoms with Gasteiger partial charge in [-0.3, -0.25) is 0 Å². The summed E-state index contributed by atoms with van der Waals surface area (Å²) in [6.07, 6.45) is 2.28. The predicted molar refractivity (Wildman–Crippen MR) is 74.2 cm³/mol. The lowest BCUT2D eigenvalue weighted by Crippen LogP contribution is -2.37. The van der Waals surface area contributed by atoms with Gasteiger partial charge in [0.25, 0.3) is 0 Å². The molecule has 0 saturated heterocycles. The third-order valence-corrected chi connectivity index (χ3v) is 5.32. The minimum absolute atomic E-state index is 0.0500. The molecule has 1 atom stereocenters. The van der Waals surface area contributed by atoms with Crippen LogP contribution < -0.4 is 5.32 Å². The maximum atomic E-state index is 3.46. The number of nitrogens with one attached hydrogen (secondary N) is 1. The van der Waals surface area contributed by atoms with Gasteiger partial charge in [0.15, 0.2) is 0 Å². The van der Waals surface area contributed by atoms with Gasteiger partial charge >= 0.3 is 0 Å². The maximum absolute atomic E-state index is 3.46. The van der Waals surface area contributed by atoms with Gasteiger partial charge in [0, 0.05) is 15.3 Å². The van der Waals surface area contributed by atoms with Crippen molar-refractivity contribution in [2.75, 3.05) is 12.8 Å². The van der Waals surface area contributed by atoms with Crippen molar-refractivity contribution in [2.24, 2.45) is 0 Å². The fourth-order valence-corrected chi connectivity index (χ4v) is 4.44. The van der Waals surface area contributed by atoms with Gasteiger partial charge in [-0.2, -0.15) is 0 Å². The summed E-state index contributed by atoms with van der Waals surface area (Å²) < 4.78 is 1.37. The van der Waals surface area contributed by atoms with E-state index in [2.05, 4.69) is 47.1 Å². The van der Waals surface area contributed by atoms with Crippen LogP contribution in [-0.4, -0.2) is 12.8 Å². The molecule has 82 valence electrons. The average molecular weight is 247 g/mol. The van der Waals surface area contributed by atoms with E-state index >= 15 is 0 Å². The fourth-order valence-electron chi connectivity index (χ4n) is 2.03. The third-order valence-electron chi connectivity index (χ3n) is 3.07. The van der Waals surface area contributed by atoms with Crippen molar-refractivity contribution >= 4 is 33.2 Å². The van der Waals surface area contributed by atoms with Gasteiger partial charge in [-0.15, -0.1) is 23.1 Å². The Hall–Kier alpha value is -0.770. The average Bonchev–Trinajstić information content (AvgIpc) is 2.96. The Bertz CT molecular complexity index is 511. The van der Waals surface area contributed by atoms with Crippen molar-refractivity contribution < 1.29 is 0 Å². The molecule has 1 aromatic carbocycles. The fraction of sp³-hybridized carbons (Fsp3) is 0.231. The molecule has 3 heteroatoms. The minimum atomic E-state index is 0.0500. The first-order valence-electron chi connectivity index (χ1n) is 5.31. The molecule has 0 saturated carbocycles. The minimum Gasteiger partial charge on any atom is -0.306 e. The van der Waals surface area contributed by atoms with Crippen LogP contribution in [-0.2, 0) is 5.54 Å². The van der Waals surface area contributed by atoms with Gasteiger partial charge in [0.2, 0.25) is 0 Å². The van der Waals surface area contributed by atoms with Crippen molar-refractivity contribution in [2.45, 2.75) is 5.54 Å². The van der Waals surface area contributed by atoms with E-state index < -0.39 is 0 Å². The highest BCUT2D eigenvalue weighted by Gasteiger charge is 2.32. The van der Waals surface area contributed by atoms with Crippen LogP contribution in [0.25, 0.3) is 10.1 Å². The first kappa shape index (κ1) is 10.4. The van der Waals surface area contributed by atoms with Crippen molar-refractivity contribution in [3.63, 3.8) is 0 Å². The molecule has 0 radical (unpaired) electrons. The van der Waals surface area contributed by atoms with Gasteiger partial charge in [0.1, 0.15) is 0 Å². The summed E-state index contributed by atoms with van der Waals surface area (Å²) in [4.78, 5) is 1.41. The molecule has 1 nitrogen and oxygen atoms in total. The van der Waals surface area contributed by atoms with Crippen LogP contribution in [0.1, 0.15) is 4.88 Å². The van der Waals surface area contributed by atoms with Gasteiger partial charge in [-0.05, 0) is 30.0 Å². The van der Waals surface area contributed by atoms with E-state index in [1.54, 1.807) is 0 Å². The standard InChI is InChI=1S/C13H13NS2/c1-14-13(6-7-15-9-13)12-8-10-4-2-3-5-11(10)16-12/h2-8,14H,9H2,1H3. The second-order valence-corrected chi connectivity index (χ2v) is 5.96. The van der Waals surface area contributed by atoms with E-state index in [9.17, 15) is 0 Å². The van der Waals surface area contributed by atoms with Crippen LogP contribution in [0.4, 0.5) is 0 Å². The van der Waals surface area contributed by atoms with Crippen molar-refractivity contribution in [1.29, 1.82) is 0 Å². The van der Waals surface area contributed by atoms with Crippen LogP contribution in [0.2, 0.25) is 0 Å². The Morgan fingerprint density at radius 1 is 1.31 bits per heavy atom. The molecule has 3 rings (SSSR count). The van der Waals surface area contributed by atoms with Crippen molar-refractivity contribution in [3.8, 4) is 0 Å². The van der Waals surface area contributed by atoms with Crippen LogP contribution in [0, 0.1) is 0 Å². The summed E-state index contributed by atoms with van der Waals surface area (Å²) in [6, 6.07) is 10.9. The van der Waals surface area contributed by atoms with E-state index in [4.69, 9.17) is 0 Å². The largest absolute Gasteiger partial charge is 0.306 e. The molecule has 0 fully saturated rings. The Morgan fingerprint density at radius 3 is 2.88 bits per heavy atom. The summed E-state index contributed by atoms with van der Waals surface area (Å²) in [6.45, 7) is 0. The number of rotatable bonds is 2. The second kappa shape index (κ2) is 3.91. The quantitative estimate of drug-likeness (QED) is 0.870. The molecule has 1 aliphatic heterocycles. The van der Waals surface area contributed by atoms with Crippen LogP contribution in [0.3, 0.4) is 0 Å². The van der Waals surface area contributed by atoms with E-state index in [1.807, 2.05) is 30.1 Å². The topological polar surface area (TPSA) is 12.0 Å². The highest BCUT2D eigenvalue weighted by atomic mass is 32.2. The summed E-state index contributed by atoms with van der Waals surface area (Å²) >= 11 is 3.76. The van der Waals surface area contributed by atoms with Gasteiger partial charge in [-0.1, -0.05) is 24.3 Å². The van der Waals surface area contributed by atoms with Crippen molar-refractivity contribution in [3.05, 3.63) is 46.7 Å². The number of likely N-dealkylation sites (N-methyl/N-ethyl adjacent to an activating group) is 1. The van der Waals surface area contributed by atoms with E-state index in [-0.39, 0.29) is 5.54 Å². The molecule has 0 aliphatic carbocycles. The summed E-state index contributed by atoms with van der Waals surface area (Å²) in [7, 11) is 2.04. The molecule has 1 N–H and O–H groups in total. The molecular weight excluding hydrogens is 234 g/mol. The molecule has 2 aromatic rings. The van der Waals surface area contributed by atoms with E-state index in [0.29, 0.717) is 0 Å². The maximum Gasteiger partial charge on any atom is 0.0815 e. The van der Waals surface area contributed by atoms with Crippen LogP contribution >= 0.6 is 23.1 Å². The zero-order chi connectivity index (χ0) is 11.0. The SMILES string of the molecule is CNC1(c2cc3ccccc3s2)C=CSC1. The summed E-state index contributed by atoms with van der Waals surface area (Å²) in [5, 5.41) is 7.00. The van der Waals surface area contributed by atoms with Gasteiger partial charge in [0.05, 0.1) is 5.54 Å². The van der Waals surface area contributed by atoms with Crippen molar-refractivity contribution in [1.82, 2.24) is 5.32 Å². The smallest absolute Gasteiger partial charge is 0.0815 e. The van der Waals surface area contributed by atoms with Gasteiger partial charge < -0.3 is 5.32 Å². The zero-order valence-electron chi connectivity index (χ0n) is 9.07. The monoisotopic (exact) mass is 247 g/mol. The Morgan fingerprint density at radius 2 is 2.19 bits per heavy atom. The number of thiophene rings is 1. The third kappa shape index (κ3) is 1.51. The predicted octanol–water partition coefficient (Wildman–Crippen LogP) is 3.58. The van der Waals surface area contributed by atoms with Gasteiger partial charge in [-0.25, -0.2) is 0 Å². The summed E-state index contributed by atoms with van der Waals surface area (Å²) in [5.41, 5.74) is 0.0500. The normalized spacial score (nSPS) is 24.3. The van der Waals surface area contributed by atoms with E-state index in [1.165, 1.54) is 15.0 Å².